The number of hydrogen-bond donors (Lipinski definition) is 1. The van der Waals surface area contributed by atoms with E-state index in [-0.39, 0.29) is 36.5 Å². The van der Waals surface area contributed by atoms with Crippen molar-refractivity contribution in [1.29, 1.82) is 0 Å². The van der Waals surface area contributed by atoms with Gasteiger partial charge in [-0.1, -0.05) is 11.6 Å². The van der Waals surface area contributed by atoms with E-state index in [1.165, 1.54) is 24.3 Å². The average molecular weight is 445 g/mol. The Hall–Kier alpha value is -1.73. The Balaban J connectivity index is 1.97. The molecule has 1 atom stereocenters. The molecule has 4 nitrogen and oxygen atoms in total. The van der Waals surface area contributed by atoms with Crippen LogP contribution in [0.15, 0.2) is 53.0 Å². The number of allylic oxidation sites excluding steroid dienone is 4. The van der Waals surface area contributed by atoms with E-state index in [9.17, 15) is 22.0 Å². The minimum atomic E-state index is -4.00. The first-order chi connectivity index (χ1) is 13.7. The van der Waals surface area contributed by atoms with Crippen molar-refractivity contribution < 1.29 is 27.1 Å². The molecule has 3 rings (SSSR count). The first kappa shape index (κ1) is 22.0. The zero-order chi connectivity index (χ0) is 21.2. The molecule has 0 bridgehead atoms. The minimum absolute atomic E-state index is 0.0106. The van der Waals surface area contributed by atoms with Gasteiger partial charge in [-0.05, 0) is 74.4 Å². The maximum absolute atomic E-state index is 14.8. The molecule has 2 aliphatic rings. The number of benzene rings is 1. The molecule has 0 aromatic heterocycles. The highest BCUT2D eigenvalue weighted by Crippen LogP contribution is 2.51. The fraction of sp³-hybridized carbons (Fsp3) is 0.476. The normalized spacial score (nSPS) is 27.8. The van der Waals surface area contributed by atoms with Gasteiger partial charge in [0.15, 0.2) is 9.84 Å². The quantitative estimate of drug-likeness (QED) is 0.616. The predicted octanol–water partition coefficient (Wildman–Crippen LogP) is 5.63. The lowest BCUT2D eigenvalue weighted by Gasteiger charge is -2.44. The lowest BCUT2D eigenvalue weighted by molar-refractivity contribution is -0.137. The second kappa shape index (κ2) is 8.56. The molecule has 0 radical (unpaired) electrons. The van der Waals surface area contributed by atoms with Gasteiger partial charge in [-0.15, -0.1) is 0 Å². The fourth-order valence-corrected chi connectivity index (χ4v) is 6.95. The second-order valence-corrected chi connectivity index (χ2v) is 10.5. The van der Waals surface area contributed by atoms with E-state index < -0.39 is 38.1 Å². The first-order valence-corrected chi connectivity index (χ1v) is 11.5. The van der Waals surface area contributed by atoms with Crippen molar-refractivity contribution in [2.24, 2.45) is 11.8 Å². The largest absolute Gasteiger partial charge is 0.481 e. The topological polar surface area (TPSA) is 71.4 Å². The molecule has 29 heavy (non-hydrogen) atoms. The summed E-state index contributed by atoms with van der Waals surface area (Å²) in [5, 5.41) is 9.29. The summed E-state index contributed by atoms with van der Waals surface area (Å²) in [6, 6.07) is 5.72. The van der Waals surface area contributed by atoms with E-state index in [1.807, 2.05) is 0 Å². The molecule has 0 amide bonds. The van der Waals surface area contributed by atoms with E-state index in [0.717, 1.165) is 12.2 Å². The standard InChI is InChI=1S/C21H23ClF2O4S/c22-15-2-5-17(6-3-15)29(27,28)21(18-13-16(23)4-7-19(18)24)11-9-14(10-12-21)1-8-20(25)26/h2-7,14,18H,1,8-13H2,(H,25,26). The number of carboxylic acids is 1. The summed E-state index contributed by atoms with van der Waals surface area (Å²) in [6.45, 7) is 0. The van der Waals surface area contributed by atoms with Gasteiger partial charge in [-0.25, -0.2) is 17.2 Å². The third kappa shape index (κ3) is 4.40. The van der Waals surface area contributed by atoms with Crippen LogP contribution in [0.3, 0.4) is 0 Å². The third-order valence-electron chi connectivity index (χ3n) is 6.17. The van der Waals surface area contributed by atoms with E-state index in [0.29, 0.717) is 24.3 Å². The van der Waals surface area contributed by atoms with Crippen molar-refractivity contribution >= 4 is 27.4 Å². The molecule has 1 fully saturated rings. The van der Waals surface area contributed by atoms with E-state index >= 15 is 0 Å². The summed E-state index contributed by atoms with van der Waals surface area (Å²) in [5.41, 5.74) is 0. The molecule has 1 aromatic rings. The molecule has 1 saturated carbocycles. The Kier molecular flexibility index (Phi) is 6.48. The number of carboxylic acid groups (broad SMARTS) is 1. The van der Waals surface area contributed by atoms with Gasteiger partial charge in [0.2, 0.25) is 0 Å². The molecule has 1 aromatic carbocycles. The van der Waals surface area contributed by atoms with Gasteiger partial charge >= 0.3 is 5.97 Å². The molecule has 1 unspecified atom stereocenters. The molecule has 1 N–H and O–H groups in total. The molecular weight excluding hydrogens is 422 g/mol. The minimum Gasteiger partial charge on any atom is -0.481 e. The molecule has 0 saturated heterocycles. The number of carbonyl (C=O) groups is 1. The zero-order valence-corrected chi connectivity index (χ0v) is 17.4. The first-order valence-electron chi connectivity index (χ1n) is 9.59. The average Bonchev–Trinajstić information content (AvgIpc) is 2.69. The van der Waals surface area contributed by atoms with Crippen molar-refractivity contribution in [3.8, 4) is 0 Å². The van der Waals surface area contributed by atoms with Gasteiger partial charge in [0.25, 0.3) is 0 Å². The number of aliphatic carboxylic acids is 1. The van der Waals surface area contributed by atoms with Crippen LogP contribution in [-0.4, -0.2) is 24.2 Å². The third-order valence-corrected chi connectivity index (χ3v) is 9.08. The van der Waals surface area contributed by atoms with Crippen molar-refractivity contribution in [3.05, 3.63) is 53.1 Å². The number of sulfone groups is 1. The van der Waals surface area contributed by atoms with Crippen LogP contribution in [0.5, 0.6) is 0 Å². The summed E-state index contributed by atoms with van der Waals surface area (Å²) in [4.78, 5) is 10.9. The molecule has 8 heteroatoms. The van der Waals surface area contributed by atoms with Gasteiger partial charge in [0, 0.05) is 23.8 Å². The van der Waals surface area contributed by atoms with Crippen LogP contribution in [0.4, 0.5) is 8.78 Å². The molecule has 158 valence electrons. The van der Waals surface area contributed by atoms with E-state index in [2.05, 4.69) is 0 Å². The maximum atomic E-state index is 14.8. The van der Waals surface area contributed by atoms with Crippen molar-refractivity contribution in [3.63, 3.8) is 0 Å². The van der Waals surface area contributed by atoms with E-state index in [4.69, 9.17) is 16.7 Å². The number of halogens is 3. The number of hydrogen-bond acceptors (Lipinski definition) is 3. The molecule has 0 spiro atoms. The van der Waals surface area contributed by atoms with Crippen LogP contribution in [0.1, 0.15) is 44.9 Å². The maximum Gasteiger partial charge on any atom is 0.303 e. The van der Waals surface area contributed by atoms with Gasteiger partial charge in [0.1, 0.15) is 11.7 Å². The summed E-state index contributed by atoms with van der Waals surface area (Å²) in [6.07, 6.45) is 3.43. The van der Waals surface area contributed by atoms with Crippen LogP contribution in [0.2, 0.25) is 5.02 Å². The number of rotatable bonds is 6. The van der Waals surface area contributed by atoms with Crippen LogP contribution in [0.25, 0.3) is 0 Å². The highest BCUT2D eigenvalue weighted by molar-refractivity contribution is 7.92. The summed E-state index contributed by atoms with van der Waals surface area (Å²) in [7, 11) is -4.00. The Labute approximate surface area is 174 Å². The zero-order valence-electron chi connectivity index (χ0n) is 15.8. The molecule has 0 heterocycles. The second-order valence-electron chi connectivity index (χ2n) is 7.82. The Bertz CT molecular complexity index is 930. The summed E-state index contributed by atoms with van der Waals surface area (Å²) in [5.74, 6) is -3.13. The van der Waals surface area contributed by atoms with Crippen molar-refractivity contribution in [2.45, 2.75) is 54.6 Å². The van der Waals surface area contributed by atoms with Crippen LogP contribution < -0.4 is 0 Å². The van der Waals surface area contributed by atoms with E-state index in [1.54, 1.807) is 0 Å². The fourth-order valence-electron chi connectivity index (χ4n) is 4.52. The molecule has 2 aliphatic carbocycles. The SMILES string of the molecule is O=C(O)CCC1CCC(C2CC(F)=CC=C2F)(S(=O)(=O)c2ccc(Cl)cc2)CC1. The van der Waals surface area contributed by atoms with Crippen molar-refractivity contribution in [1.82, 2.24) is 0 Å². The summed E-state index contributed by atoms with van der Waals surface area (Å²) < 4.78 is 54.7. The Morgan fingerprint density at radius 1 is 1.14 bits per heavy atom. The highest BCUT2D eigenvalue weighted by Gasteiger charge is 2.54. The van der Waals surface area contributed by atoms with Gasteiger partial charge in [-0.3, -0.25) is 4.79 Å². The molecule has 0 aliphatic heterocycles. The lowest BCUT2D eigenvalue weighted by atomic mass is 9.71. The summed E-state index contributed by atoms with van der Waals surface area (Å²) >= 11 is 5.88. The van der Waals surface area contributed by atoms with Crippen LogP contribution >= 0.6 is 11.6 Å². The monoisotopic (exact) mass is 444 g/mol. The Morgan fingerprint density at radius 2 is 1.76 bits per heavy atom. The highest BCUT2D eigenvalue weighted by atomic mass is 35.5. The lowest BCUT2D eigenvalue weighted by Crippen LogP contribution is -2.49. The van der Waals surface area contributed by atoms with Gasteiger partial charge in [-0.2, -0.15) is 0 Å². The van der Waals surface area contributed by atoms with Crippen molar-refractivity contribution in [2.75, 3.05) is 0 Å². The van der Waals surface area contributed by atoms with Gasteiger partial charge in [0.05, 0.1) is 9.64 Å². The van der Waals surface area contributed by atoms with Crippen LogP contribution in [-0.2, 0) is 14.6 Å². The molecular formula is C21H23ClF2O4S. The smallest absolute Gasteiger partial charge is 0.303 e. The Morgan fingerprint density at radius 3 is 2.34 bits per heavy atom. The van der Waals surface area contributed by atoms with Crippen LogP contribution in [0, 0.1) is 11.8 Å². The van der Waals surface area contributed by atoms with Gasteiger partial charge < -0.3 is 5.11 Å². The predicted molar refractivity (Wildman–Crippen MR) is 107 cm³/mol.